The molecule has 0 aromatic heterocycles. The fourth-order valence-electron chi connectivity index (χ4n) is 3.87. The molecule has 0 saturated heterocycles. The van der Waals surface area contributed by atoms with Gasteiger partial charge in [-0.3, -0.25) is 9.59 Å². The maximum Gasteiger partial charge on any atom is 0.265 e. The average Bonchev–Trinajstić information content (AvgIpc) is 2.96. The van der Waals surface area contributed by atoms with E-state index in [0.29, 0.717) is 18.2 Å². The maximum absolute atomic E-state index is 12.5. The van der Waals surface area contributed by atoms with Crippen molar-refractivity contribution in [2.24, 2.45) is 5.92 Å². The standard InChI is InChI=1S/C21H22N2O3/c1-14-12-15-6-2-3-7-16(15)21(14)22-19(24)10-11-23-17-8-4-5-9-18(17)26-13-20(23)25/h2-9,14,21H,10-13H2,1H3,(H,22,24). The first-order valence-corrected chi connectivity index (χ1v) is 9.03. The zero-order chi connectivity index (χ0) is 18.1. The summed E-state index contributed by atoms with van der Waals surface area (Å²) in [6.45, 7) is 2.53. The highest BCUT2D eigenvalue weighted by molar-refractivity contribution is 5.98. The Morgan fingerprint density at radius 2 is 1.96 bits per heavy atom. The molecule has 0 radical (unpaired) electrons. The third-order valence-electron chi connectivity index (χ3n) is 5.19. The number of anilines is 1. The third kappa shape index (κ3) is 3.05. The second kappa shape index (κ2) is 6.83. The van der Waals surface area contributed by atoms with Crippen molar-refractivity contribution >= 4 is 17.5 Å². The Labute approximate surface area is 153 Å². The minimum absolute atomic E-state index is 0.0195. The van der Waals surface area contributed by atoms with Crippen molar-refractivity contribution in [3.8, 4) is 5.75 Å². The Morgan fingerprint density at radius 1 is 1.19 bits per heavy atom. The van der Waals surface area contributed by atoms with Gasteiger partial charge in [0, 0.05) is 13.0 Å². The zero-order valence-electron chi connectivity index (χ0n) is 14.8. The number of nitrogens with zero attached hydrogens (tertiary/aromatic N) is 1. The summed E-state index contributed by atoms with van der Waals surface area (Å²) in [7, 11) is 0. The molecule has 5 heteroatoms. The molecule has 1 aliphatic carbocycles. The number of ether oxygens (including phenoxy) is 1. The first-order valence-electron chi connectivity index (χ1n) is 9.03. The lowest BCUT2D eigenvalue weighted by Crippen LogP contribution is -2.41. The quantitative estimate of drug-likeness (QED) is 0.922. The maximum atomic E-state index is 12.5. The van der Waals surface area contributed by atoms with Gasteiger partial charge in [0.05, 0.1) is 11.7 Å². The van der Waals surface area contributed by atoms with Crippen molar-refractivity contribution in [3.63, 3.8) is 0 Å². The van der Waals surface area contributed by atoms with Crippen LogP contribution in [0.4, 0.5) is 5.69 Å². The first-order chi connectivity index (χ1) is 12.6. The highest BCUT2D eigenvalue weighted by Crippen LogP contribution is 2.36. The second-order valence-corrected chi connectivity index (χ2v) is 6.98. The van der Waals surface area contributed by atoms with E-state index >= 15 is 0 Å². The molecular formula is C21H22N2O3. The molecule has 26 heavy (non-hydrogen) atoms. The predicted octanol–water partition coefficient (Wildman–Crippen LogP) is 2.85. The molecule has 4 rings (SSSR count). The molecule has 2 aromatic carbocycles. The molecule has 2 atom stereocenters. The molecule has 0 bridgehead atoms. The van der Waals surface area contributed by atoms with Crippen molar-refractivity contribution in [1.82, 2.24) is 5.32 Å². The lowest BCUT2D eigenvalue weighted by molar-refractivity contribution is -0.122. The highest BCUT2D eigenvalue weighted by Gasteiger charge is 2.31. The van der Waals surface area contributed by atoms with Gasteiger partial charge in [0.25, 0.3) is 5.91 Å². The van der Waals surface area contributed by atoms with E-state index in [1.165, 1.54) is 11.1 Å². The van der Waals surface area contributed by atoms with Crippen LogP contribution in [0.3, 0.4) is 0 Å². The van der Waals surface area contributed by atoms with E-state index in [-0.39, 0.29) is 30.9 Å². The number of rotatable bonds is 4. The van der Waals surface area contributed by atoms with Crippen LogP contribution in [-0.4, -0.2) is 25.0 Å². The van der Waals surface area contributed by atoms with E-state index in [1.54, 1.807) is 4.90 Å². The summed E-state index contributed by atoms with van der Waals surface area (Å²) in [5, 5.41) is 3.16. The van der Waals surface area contributed by atoms with Gasteiger partial charge in [-0.15, -0.1) is 0 Å². The molecule has 1 heterocycles. The monoisotopic (exact) mass is 350 g/mol. The molecule has 0 saturated carbocycles. The van der Waals surface area contributed by atoms with Crippen LogP contribution >= 0.6 is 0 Å². The molecule has 1 N–H and O–H groups in total. The van der Waals surface area contributed by atoms with E-state index in [4.69, 9.17) is 4.74 Å². The van der Waals surface area contributed by atoms with E-state index in [1.807, 2.05) is 36.4 Å². The molecule has 0 spiro atoms. The molecule has 2 amide bonds. The number of carbonyl (C=O) groups excluding carboxylic acids is 2. The number of hydrogen-bond donors (Lipinski definition) is 1. The van der Waals surface area contributed by atoms with Gasteiger partial charge in [-0.05, 0) is 35.6 Å². The van der Waals surface area contributed by atoms with Crippen LogP contribution in [0.1, 0.15) is 30.5 Å². The minimum Gasteiger partial charge on any atom is -0.482 e. The van der Waals surface area contributed by atoms with E-state index in [0.717, 1.165) is 12.1 Å². The number of fused-ring (bicyclic) bond motifs is 2. The van der Waals surface area contributed by atoms with Gasteiger partial charge in [0.1, 0.15) is 5.75 Å². The lowest BCUT2D eigenvalue weighted by Gasteiger charge is -2.29. The summed E-state index contributed by atoms with van der Waals surface area (Å²) in [6.07, 6.45) is 1.25. The summed E-state index contributed by atoms with van der Waals surface area (Å²) in [4.78, 5) is 26.4. The molecule has 134 valence electrons. The van der Waals surface area contributed by atoms with Crippen LogP contribution in [0, 0.1) is 5.92 Å². The third-order valence-corrected chi connectivity index (χ3v) is 5.19. The smallest absolute Gasteiger partial charge is 0.265 e. The Bertz CT molecular complexity index is 849. The molecule has 0 fully saturated rings. The summed E-state index contributed by atoms with van der Waals surface area (Å²) >= 11 is 0. The number of amides is 2. The summed E-state index contributed by atoms with van der Waals surface area (Å²) in [5.74, 6) is 0.916. The molecule has 2 aromatic rings. The molecule has 2 aliphatic rings. The van der Waals surface area contributed by atoms with Gasteiger partial charge in [-0.2, -0.15) is 0 Å². The van der Waals surface area contributed by atoms with Crippen LogP contribution in [-0.2, 0) is 16.0 Å². The van der Waals surface area contributed by atoms with Crippen molar-refractivity contribution in [1.29, 1.82) is 0 Å². The topological polar surface area (TPSA) is 58.6 Å². The van der Waals surface area contributed by atoms with Gasteiger partial charge >= 0.3 is 0 Å². The molecule has 5 nitrogen and oxygen atoms in total. The fourth-order valence-corrected chi connectivity index (χ4v) is 3.87. The second-order valence-electron chi connectivity index (χ2n) is 6.98. The summed E-state index contributed by atoms with van der Waals surface area (Å²) < 4.78 is 5.44. The Hall–Kier alpha value is -2.82. The van der Waals surface area contributed by atoms with Crippen LogP contribution in [0.5, 0.6) is 5.75 Å². The Balaban J connectivity index is 1.41. The fraction of sp³-hybridized carbons (Fsp3) is 0.333. The van der Waals surface area contributed by atoms with Gasteiger partial charge in [0.15, 0.2) is 6.61 Å². The van der Waals surface area contributed by atoms with Crippen molar-refractivity contribution in [2.45, 2.75) is 25.8 Å². The molecule has 1 aliphatic heterocycles. The van der Waals surface area contributed by atoms with Gasteiger partial charge in [-0.25, -0.2) is 0 Å². The zero-order valence-corrected chi connectivity index (χ0v) is 14.8. The highest BCUT2D eigenvalue weighted by atomic mass is 16.5. The van der Waals surface area contributed by atoms with Gasteiger partial charge in [-0.1, -0.05) is 43.3 Å². The largest absolute Gasteiger partial charge is 0.482 e. The lowest BCUT2D eigenvalue weighted by atomic mass is 10.0. The van der Waals surface area contributed by atoms with E-state index < -0.39 is 0 Å². The van der Waals surface area contributed by atoms with Crippen molar-refractivity contribution in [3.05, 3.63) is 59.7 Å². The predicted molar refractivity (Wildman–Crippen MR) is 99.1 cm³/mol. The number of para-hydroxylation sites is 2. The number of nitrogens with one attached hydrogen (secondary N) is 1. The molecular weight excluding hydrogens is 328 g/mol. The first kappa shape index (κ1) is 16.6. The minimum atomic E-state index is -0.115. The van der Waals surface area contributed by atoms with Crippen LogP contribution in [0.15, 0.2) is 48.5 Å². The van der Waals surface area contributed by atoms with Crippen molar-refractivity contribution < 1.29 is 14.3 Å². The summed E-state index contributed by atoms with van der Waals surface area (Å²) in [5.41, 5.74) is 3.25. The molecule has 2 unspecified atom stereocenters. The Kier molecular flexibility index (Phi) is 4.37. The van der Waals surface area contributed by atoms with Crippen LogP contribution < -0.4 is 15.0 Å². The Morgan fingerprint density at radius 3 is 2.85 bits per heavy atom. The van der Waals surface area contributed by atoms with Crippen LogP contribution in [0.2, 0.25) is 0 Å². The SMILES string of the molecule is CC1Cc2ccccc2C1NC(=O)CCN1C(=O)COc2ccccc21. The number of carbonyl (C=O) groups is 2. The van der Waals surface area contributed by atoms with E-state index in [2.05, 4.69) is 24.4 Å². The van der Waals surface area contributed by atoms with Crippen molar-refractivity contribution in [2.75, 3.05) is 18.1 Å². The normalized spacial score (nSPS) is 21.0. The number of hydrogen-bond acceptors (Lipinski definition) is 3. The van der Waals surface area contributed by atoms with E-state index in [9.17, 15) is 9.59 Å². The van der Waals surface area contributed by atoms with Crippen LogP contribution in [0.25, 0.3) is 0 Å². The average molecular weight is 350 g/mol. The summed E-state index contributed by atoms with van der Waals surface area (Å²) in [6, 6.07) is 15.7. The van der Waals surface area contributed by atoms with Gasteiger partial charge < -0.3 is 15.0 Å². The number of benzene rings is 2. The van der Waals surface area contributed by atoms with Gasteiger partial charge in [0.2, 0.25) is 5.91 Å².